The molecule has 9 heteroatoms. The highest BCUT2D eigenvalue weighted by Gasteiger charge is 2.52. The molecule has 2 aliphatic heterocycles. The summed E-state index contributed by atoms with van der Waals surface area (Å²) in [5.74, 6) is 0.198. The molecule has 2 N–H and O–H groups in total. The molecule has 158 valence electrons. The number of hydrogen-bond donors (Lipinski definition) is 1. The van der Waals surface area contributed by atoms with Crippen molar-refractivity contribution in [2.24, 2.45) is 0 Å². The van der Waals surface area contributed by atoms with Gasteiger partial charge in [0.1, 0.15) is 11.8 Å². The highest BCUT2D eigenvalue weighted by Crippen LogP contribution is 2.34. The van der Waals surface area contributed by atoms with E-state index in [1.165, 1.54) is 12.1 Å². The number of methoxy groups -OCH3 is 1. The number of nitrogens with two attached hydrogens (primary N) is 1. The summed E-state index contributed by atoms with van der Waals surface area (Å²) in [5.41, 5.74) is -0.133. The minimum absolute atomic E-state index is 0.0710. The summed E-state index contributed by atoms with van der Waals surface area (Å²) in [7, 11) is 1.56. The van der Waals surface area contributed by atoms with Crippen LogP contribution in [0.3, 0.4) is 0 Å². The fourth-order valence-corrected chi connectivity index (χ4v) is 4.08. The van der Waals surface area contributed by atoms with E-state index in [1.54, 1.807) is 24.1 Å². The number of carbonyl (C=O) groups excluding carboxylic acids is 2. The molecular weight excluding hydrogens is 399 g/mol. The second-order valence-electron chi connectivity index (χ2n) is 7.39. The minimum atomic E-state index is -4.57. The second-order valence-corrected chi connectivity index (χ2v) is 7.39. The normalized spacial score (nSPS) is 21.7. The summed E-state index contributed by atoms with van der Waals surface area (Å²) in [4.78, 5) is 28.7. The molecule has 6 nitrogen and oxygen atoms in total. The average Bonchev–Trinajstić information content (AvgIpc) is 3.21. The molecule has 0 bridgehead atoms. The quantitative estimate of drug-likeness (QED) is 0.826. The van der Waals surface area contributed by atoms with Gasteiger partial charge in [-0.1, -0.05) is 18.2 Å². The molecule has 0 radical (unpaired) electrons. The lowest BCUT2D eigenvalue weighted by atomic mass is 10.0. The van der Waals surface area contributed by atoms with Crippen LogP contribution in [0.2, 0.25) is 0 Å². The third kappa shape index (κ3) is 3.60. The maximum Gasteiger partial charge on any atom is 0.416 e. The summed E-state index contributed by atoms with van der Waals surface area (Å²) in [6.45, 7) is 0.921. The van der Waals surface area contributed by atoms with E-state index in [1.807, 2.05) is 17.4 Å². The Morgan fingerprint density at radius 3 is 2.53 bits per heavy atom. The van der Waals surface area contributed by atoms with Crippen LogP contribution < -0.4 is 15.0 Å². The van der Waals surface area contributed by atoms with E-state index in [4.69, 9.17) is 4.74 Å². The van der Waals surface area contributed by atoms with Gasteiger partial charge in [-0.25, -0.2) is 9.69 Å². The topological polar surface area (TPSA) is 66.5 Å². The van der Waals surface area contributed by atoms with E-state index in [-0.39, 0.29) is 18.3 Å². The number of fused-ring (bicyclic) bond motifs is 1. The van der Waals surface area contributed by atoms with Crippen LogP contribution in [0.15, 0.2) is 48.5 Å². The van der Waals surface area contributed by atoms with Crippen LogP contribution in [0.4, 0.5) is 23.7 Å². The highest BCUT2D eigenvalue weighted by molar-refractivity contribution is 6.17. The van der Waals surface area contributed by atoms with Crippen molar-refractivity contribution in [3.05, 3.63) is 59.7 Å². The Morgan fingerprint density at radius 2 is 1.87 bits per heavy atom. The lowest BCUT2D eigenvalue weighted by Gasteiger charge is -2.40. The minimum Gasteiger partial charge on any atom is -0.497 e. The van der Waals surface area contributed by atoms with Gasteiger partial charge >= 0.3 is 12.2 Å². The number of halogens is 3. The number of imide groups is 1. The Kier molecular flexibility index (Phi) is 5.15. The van der Waals surface area contributed by atoms with Gasteiger partial charge in [0.05, 0.1) is 24.9 Å². The molecule has 0 saturated carbocycles. The van der Waals surface area contributed by atoms with Gasteiger partial charge in [0, 0.05) is 13.0 Å². The van der Waals surface area contributed by atoms with Crippen molar-refractivity contribution >= 4 is 17.6 Å². The molecule has 0 spiro atoms. The van der Waals surface area contributed by atoms with Crippen LogP contribution in [0, 0.1) is 0 Å². The van der Waals surface area contributed by atoms with Crippen LogP contribution in [-0.2, 0) is 17.5 Å². The van der Waals surface area contributed by atoms with Gasteiger partial charge in [-0.2, -0.15) is 13.2 Å². The van der Waals surface area contributed by atoms with Gasteiger partial charge in [-0.15, -0.1) is 0 Å². The zero-order chi connectivity index (χ0) is 21.5. The van der Waals surface area contributed by atoms with Crippen molar-refractivity contribution in [1.82, 2.24) is 4.90 Å². The molecule has 2 aliphatic rings. The number of urea groups is 1. The molecule has 2 heterocycles. The van der Waals surface area contributed by atoms with Crippen LogP contribution in [0.1, 0.15) is 17.5 Å². The molecule has 2 saturated heterocycles. The lowest BCUT2D eigenvalue weighted by Crippen LogP contribution is -2.93. The molecule has 0 unspecified atom stereocenters. The smallest absolute Gasteiger partial charge is 0.416 e. The lowest BCUT2D eigenvalue weighted by molar-refractivity contribution is -0.659. The number of ether oxygens (including phenoxy) is 1. The molecule has 2 fully saturated rings. The first-order chi connectivity index (χ1) is 14.3. The molecule has 2 aromatic carbocycles. The van der Waals surface area contributed by atoms with Gasteiger partial charge in [0.15, 0.2) is 6.04 Å². The molecule has 4 rings (SSSR count). The Hall–Kier alpha value is -3.07. The standard InChI is InChI=1S/C21H20F3N3O3/c1-30-16-7-5-13(6-8-16)12-26-17-9-10-25-18(17)19(28)27(20(26)29)15-4-2-3-14(11-15)21(22,23)24/h2-8,11,17-18,25H,9-10,12H2,1H3/p+1/t17-,18+/m1/s1. The number of benzene rings is 2. The van der Waals surface area contributed by atoms with Crippen molar-refractivity contribution < 1.29 is 32.8 Å². The predicted octanol–water partition coefficient (Wildman–Crippen LogP) is 2.39. The highest BCUT2D eigenvalue weighted by atomic mass is 19.4. The molecule has 3 amide bonds. The number of anilines is 1. The summed E-state index contributed by atoms with van der Waals surface area (Å²) in [6, 6.07) is 10.1. The summed E-state index contributed by atoms with van der Waals surface area (Å²) < 4.78 is 44.6. The Bertz CT molecular complexity index is 962. The largest absolute Gasteiger partial charge is 0.497 e. The van der Waals surface area contributed by atoms with E-state index in [0.29, 0.717) is 18.7 Å². The number of rotatable bonds is 4. The number of alkyl halides is 3. The molecule has 2 atom stereocenters. The number of amides is 3. The van der Waals surface area contributed by atoms with E-state index in [2.05, 4.69) is 0 Å². The SMILES string of the molecule is COc1ccc(CN2C(=O)N(c3cccc(C(F)(F)F)c3)C(=O)[C@H]3[NH2+]CC[C@H]32)cc1. The zero-order valence-electron chi connectivity index (χ0n) is 16.2. The Labute approximate surface area is 171 Å². The van der Waals surface area contributed by atoms with Gasteiger partial charge in [0.25, 0.3) is 5.91 Å². The van der Waals surface area contributed by atoms with Gasteiger partial charge in [0.2, 0.25) is 0 Å². The Morgan fingerprint density at radius 1 is 1.13 bits per heavy atom. The monoisotopic (exact) mass is 420 g/mol. The fourth-order valence-electron chi connectivity index (χ4n) is 4.08. The second kappa shape index (κ2) is 7.64. The van der Waals surface area contributed by atoms with Crippen LogP contribution in [-0.4, -0.2) is 42.6 Å². The third-order valence-corrected chi connectivity index (χ3v) is 5.58. The van der Waals surface area contributed by atoms with E-state index >= 15 is 0 Å². The van der Waals surface area contributed by atoms with Crippen LogP contribution in [0.5, 0.6) is 5.75 Å². The van der Waals surface area contributed by atoms with E-state index in [0.717, 1.165) is 22.6 Å². The summed E-state index contributed by atoms with van der Waals surface area (Å²) in [6.07, 6.45) is -3.92. The molecule has 0 aliphatic carbocycles. The van der Waals surface area contributed by atoms with Crippen LogP contribution >= 0.6 is 0 Å². The van der Waals surface area contributed by atoms with Gasteiger partial charge < -0.3 is 15.0 Å². The molecular formula is C21H21F3N3O3+. The van der Waals surface area contributed by atoms with E-state index < -0.39 is 29.7 Å². The molecule has 2 aromatic rings. The van der Waals surface area contributed by atoms with E-state index in [9.17, 15) is 22.8 Å². The van der Waals surface area contributed by atoms with Crippen molar-refractivity contribution in [2.75, 3.05) is 18.6 Å². The molecule has 30 heavy (non-hydrogen) atoms. The predicted molar refractivity (Wildman–Crippen MR) is 102 cm³/mol. The molecule has 0 aromatic heterocycles. The first-order valence-corrected chi connectivity index (χ1v) is 9.57. The summed E-state index contributed by atoms with van der Waals surface area (Å²) >= 11 is 0. The number of nitrogens with zero attached hydrogens (tertiary/aromatic N) is 2. The van der Waals surface area contributed by atoms with Crippen LogP contribution in [0.25, 0.3) is 0 Å². The zero-order valence-corrected chi connectivity index (χ0v) is 16.2. The first kappa shape index (κ1) is 20.2. The fraction of sp³-hybridized carbons (Fsp3) is 0.333. The first-order valence-electron chi connectivity index (χ1n) is 9.57. The van der Waals surface area contributed by atoms with Crippen molar-refractivity contribution in [3.63, 3.8) is 0 Å². The van der Waals surface area contributed by atoms with Crippen molar-refractivity contribution in [2.45, 2.75) is 31.2 Å². The maximum atomic E-state index is 13.3. The Balaban J connectivity index is 1.68. The third-order valence-electron chi connectivity index (χ3n) is 5.58. The number of carbonyl (C=O) groups is 2. The average molecular weight is 420 g/mol. The maximum absolute atomic E-state index is 13.3. The van der Waals surface area contributed by atoms with Gasteiger partial charge in [-0.3, -0.25) is 4.79 Å². The van der Waals surface area contributed by atoms with Crippen molar-refractivity contribution in [1.29, 1.82) is 0 Å². The van der Waals surface area contributed by atoms with Crippen molar-refractivity contribution in [3.8, 4) is 5.75 Å². The summed E-state index contributed by atoms with van der Waals surface area (Å²) in [5, 5.41) is 1.85. The van der Waals surface area contributed by atoms with Gasteiger partial charge in [-0.05, 0) is 35.9 Å². The number of quaternary nitrogens is 1. The number of hydrogen-bond acceptors (Lipinski definition) is 3.